The minimum atomic E-state index is -0.716. The zero-order valence-corrected chi connectivity index (χ0v) is 14.2. The largest absolute Gasteiger partial charge is 0.387 e. The minimum absolute atomic E-state index is 0.214. The van der Waals surface area contributed by atoms with Gasteiger partial charge in [-0.15, -0.1) is 0 Å². The Morgan fingerprint density at radius 1 is 1.17 bits per heavy atom. The maximum Gasteiger partial charge on any atom is 0.313 e. The fraction of sp³-hybridized carbons (Fsp3) is 0.333. The zero-order valence-electron chi connectivity index (χ0n) is 14.2. The van der Waals surface area contributed by atoms with Crippen LogP contribution in [0.4, 0.5) is 5.69 Å². The molecule has 0 bridgehead atoms. The summed E-state index contributed by atoms with van der Waals surface area (Å²) in [6, 6.07) is 9.12. The van der Waals surface area contributed by atoms with E-state index in [1.807, 2.05) is 55.9 Å². The van der Waals surface area contributed by atoms with Crippen LogP contribution in [-0.2, 0) is 16.6 Å². The summed E-state index contributed by atoms with van der Waals surface area (Å²) in [5.74, 6) is -1.43. The molecular formula is C18H23N3O3. The van der Waals surface area contributed by atoms with E-state index >= 15 is 0 Å². The van der Waals surface area contributed by atoms with Gasteiger partial charge in [-0.1, -0.05) is 6.07 Å². The predicted octanol–water partition coefficient (Wildman–Crippen LogP) is 1.82. The van der Waals surface area contributed by atoms with E-state index in [0.717, 1.165) is 16.8 Å². The lowest BCUT2D eigenvalue weighted by Gasteiger charge is -2.12. The summed E-state index contributed by atoms with van der Waals surface area (Å²) in [4.78, 5) is 23.7. The molecule has 2 rings (SSSR count). The van der Waals surface area contributed by atoms with Crippen LogP contribution in [0, 0.1) is 13.8 Å². The van der Waals surface area contributed by atoms with Gasteiger partial charge in [0.1, 0.15) is 0 Å². The Labute approximate surface area is 141 Å². The third kappa shape index (κ3) is 4.45. The van der Waals surface area contributed by atoms with Gasteiger partial charge in [-0.3, -0.25) is 9.59 Å². The molecule has 0 spiro atoms. The van der Waals surface area contributed by atoms with Crippen LogP contribution >= 0.6 is 0 Å². The Balaban J connectivity index is 1.80. The van der Waals surface area contributed by atoms with Gasteiger partial charge in [0, 0.05) is 31.2 Å². The highest BCUT2D eigenvalue weighted by Crippen LogP contribution is 2.16. The first kappa shape index (κ1) is 17.7. The lowest BCUT2D eigenvalue weighted by Crippen LogP contribution is -2.36. The van der Waals surface area contributed by atoms with E-state index < -0.39 is 17.9 Å². The molecule has 1 atom stereocenters. The number of anilines is 1. The van der Waals surface area contributed by atoms with Gasteiger partial charge < -0.3 is 20.3 Å². The first-order chi connectivity index (χ1) is 11.4. The van der Waals surface area contributed by atoms with Crippen LogP contribution in [0.5, 0.6) is 0 Å². The summed E-state index contributed by atoms with van der Waals surface area (Å²) < 4.78 is 1.82. The molecule has 0 saturated carbocycles. The first-order valence-electron chi connectivity index (χ1n) is 7.84. The average Bonchev–Trinajstić information content (AvgIpc) is 2.96. The Hall–Kier alpha value is -2.60. The normalized spacial score (nSPS) is 11.8. The van der Waals surface area contributed by atoms with Crippen molar-refractivity contribution in [3.8, 4) is 0 Å². The molecule has 0 aliphatic heterocycles. The second kappa shape index (κ2) is 7.79. The van der Waals surface area contributed by atoms with Gasteiger partial charge in [-0.2, -0.15) is 0 Å². The molecule has 2 amide bonds. The van der Waals surface area contributed by atoms with E-state index in [4.69, 9.17) is 0 Å². The smallest absolute Gasteiger partial charge is 0.313 e. The fourth-order valence-corrected chi connectivity index (χ4v) is 2.38. The summed E-state index contributed by atoms with van der Waals surface area (Å²) in [5.41, 5.74) is 3.51. The van der Waals surface area contributed by atoms with Crippen molar-refractivity contribution >= 4 is 17.5 Å². The van der Waals surface area contributed by atoms with Crippen LogP contribution in [0.15, 0.2) is 36.5 Å². The molecule has 0 radical (unpaired) electrons. The van der Waals surface area contributed by atoms with Gasteiger partial charge in [-0.05, 0) is 55.7 Å². The number of aromatic nitrogens is 1. The van der Waals surface area contributed by atoms with Crippen LogP contribution in [-0.4, -0.2) is 28.0 Å². The van der Waals surface area contributed by atoms with Crippen molar-refractivity contribution in [1.29, 1.82) is 0 Å². The lowest BCUT2D eigenvalue weighted by atomic mass is 10.1. The standard InChI is InChI=1S/C18H23N3O3/c1-12-6-7-14(11-13(12)2)20-18(24)17(23)19-9-8-16(22)15-5-4-10-21(15)3/h4-7,10-11,16,22H,8-9H2,1-3H3,(H,19,23)(H,20,24)/t16-/m0/s1. The molecule has 1 aromatic carbocycles. The number of aryl methyl sites for hydroxylation is 3. The maximum atomic E-state index is 11.9. The summed E-state index contributed by atoms with van der Waals surface area (Å²) in [7, 11) is 1.84. The van der Waals surface area contributed by atoms with E-state index in [1.54, 1.807) is 6.07 Å². The number of benzene rings is 1. The number of nitrogens with one attached hydrogen (secondary N) is 2. The molecule has 24 heavy (non-hydrogen) atoms. The molecule has 0 fully saturated rings. The molecule has 6 heteroatoms. The summed E-state index contributed by atoms with van der Waals surface area (Å²) in [6.45, 7) is 4.13. The second-order valence-electron chi connectivity index (χ2n) is 5.86. The van der Waals surface area contributed by atoms with Gasteiger partial charge >= 0.3 is 11.8 Å². The van der Waals surface area contributed by atoms with Crippen molar-refractivity contribution in [3.63, 3.8) is 0 Å². The van der Waals surface area contributed by atoms with Crippen molar-refractivity contribution in [2.45, 2.75) is 26.4 Å². The number of hydrogen-bond donors (Lipinski definition) is 3. The highest BCUT2D eigenvalue weighted by molar-refractivity contribution is 6.39. The number of carbonyl (C=O) groups excluding carboxylic acids is 2. The summed E-state index contributed by atoms with van der Waals surface area (Å²) in [6.07, 6.45) is 1.49. The zero-order chi connectivity index (χ0) is 17.7. The van der Waals surface area contributed by atoms with Gasteiger partial charge in [0.15, 0.2) is 0 Å². The van der Waals surface area contributed by atoms with Crippen LogP contribution in [0.3, 0.4) is 0 Å². The fourth-order valence-electron chi connectivity index (χ4n) is 2.38. The average molecular weight is 329 g/mol. The third-order valence-corrected chi connectivity index (χ3v) is 4.00. The van der Waals surface area contributed by atoms with Crippen molar-refractivity contribution < 1.29 is 14.7 Å². The van der Waals surface area contributed by atoms with Crippen molar-refractivity contribution in [2.24, 2.45) is 7.05 Å². The number of hydrogen-bond acceptors (Lipinski definition) is 3. The van der Waals surface area contributed by atoms with Crippen LogP contribution in [0.25, 0.3) is 0 Å². The molecule has 0 saturated heterocycles. The van der Waals surface area contributed by atoms with E-state index in [2.05, 4.69) is 10.6 Å². The van der Waals surface area contributed by atoms with Gasteiger partial charge in [0.05, 0.1) is 6.10 Å². The molecule has 128 valence electrons. The molecule has 3 N–H and O–H groups in total. The molecule has 0 aliphatic carbocycles. The van der Waals surface area contributed by atoms with E-state index in [0.29, 0.717) is 12.1 Å². The first-order valence-corrected chi connectivity index (χ1v) is 7.84. The van der Waals surface area contributed by atoms with E-state index in [9.17, 15) is 14.7 Å². The number of carbonyl (C=O) groups is 2. The molecule has 0 aliphatic rings. The highest BCUT2D eigenvalue weighted by atomic mass is 16.3. The minimum Gasteiger partial charge on any atom is -0.387 e. The van der Waals surface area contributed by atoms with Gasteiger partial charge in [-0.25, -0.2) is 0 Å². The lowest BCUT2D eigenvalue weighted by molar-refractivity contribution is -0.136. The Morgan fingerprint density at radius 2 is 1.92 bits per heavy atom. The molecule has 1 heterocycles. The van der Waals surface area contributed by atoms with Gasteiger partial charge in [0.25, 0.3) is 0 Å². The topological polar surface area (TPSA) is 83.4 Å². The predicted molar refractivity (Wildman–Crippen MR) is 92.5 cm³/mol. The monoisotopic (exact) mass is 329 g/mol. The van der Waals surface area contributed by atoms with Crippen molar-refractivity contribution in [2.75, 3.05) is 11.9 Å². The molecule has 1 aromatic heterocycles. The Morgan fingerprint density at radius 3 is 2.54 bits per heavy atom. The van der Waals surface area contributed by atoms with Crippen molar-refractivity contribution in [1.82, 2.24) is 9.88 Å². The van der Waals surface area contributed by atoms with Crippen LogP contribution in [0.2, 0.25) is 0 Å². The summed E-state index contributed by atoms with van der Waals surface area (Å²) >= 11 is 0. The molecule has 6 nitrogen and oxygen atoms in total. The highest BCUT2D eigenvalue weighted by Gasteiger charge is 2.15. The number of aliphatic hydroxyl groups is 1. The molecule has 2 aromatic rings. The van der Waals surface area contributed by atoms with Crippen LogP contribution < -0.4 is 10.6 Å². The molecular weight excluding hydrogens is 306 g/mol. The van der Waals surface area contributed by atoms with Gasteiger partial charge in [0.2, 0.25) is 0 Å². The number of amides is 2. The molecule has 0 unspecified atom stereocenters. The van der Waals surface area contributed by atoms with Crippen molar-refractivity contribution in [3.05, 3.63) is 53.3 Å². The number of rotatable bonds is 5. The second-order valence-corrected chi connectivity index (χ2v) is 5.86. The summed E-state index contributed by atoms with van der Waals surface area (Å²) in [5, 5.41) is 15.1. The van der Waals surface area contributed by atoms with Crippen LogP contribution in [0.1, 0.15) is 29.3 Å². The third-order valence-electron chi connectivity index (χ3n) is 4.00. The number of nitrogens with zero attached hydrogens (tertiary/aromatic N) is 1. The Bertz CT molecular complexity index is 737. The Kier molecular flexibility index (Phi) is 5.76. The number of aliphatic hydroxyl groups excluding tert-OH is 1. The maximum absolute atomic E-state index is 11.9. The SMILES string of the molecule is Cc1ccc(NC(=O)C(=O)NCC[C@H](O)c2cccn2C)cc1C. The van der Waals surface area contributed by atoms with E-state index in [1.165, 1.54) is 0 Å². The van der Waals surface area contributed by atoms with E-state index in [-0.39, 0.29) is 6.54 Å². The quantitative estimate of drug-likeness (QED) is 0.732.